The number of ether oxygens (including phenoxy) is 1. The molecule has 1 aromatic heterocycles. The average Bonchev–Trinajstić information content (AvgIpc) is 2.60. The van der Waals surface area contributed by atoms with E-state index in [4.69, 9.17) is 9.84 Å². The Morgan fingerprint density at radius 2 is 2.50 bits per heavy atom. The lowest BCUT2D eigenvalue weighted by atomic mass is 10.2. The highest BCUT2D eigenvalue weighted by molar-refractivity contribution is 5.85. The number of aromatic amines is 1. The van der Waals surface area contributed by atoms with E-state index in [1.807, 2.05) is 0 Å². The maximum absolute atomic E-state index is 10.7. The first-order valence-corrected chi connectivity index (χ1v) is 4.26. The number of rotatable bonds is 2. The summed E-state index contributed by atoms with van der Waals surface area (Å²) in [5.41, 5.74) is 0.751. The molecule has 0 atom stereocenters. The van der Waals surface area contributed by atoms with E-state index >= 15 is 0 Å². The molecule has 1 aliphatic rings. The van der Waals surface area contributed by atoms with E-state index in [2.05, 4.69) is 9.98 Å². The molecule has 0 bridgehead atoms. The molecule has 0 aromatic carbocycles. The second-order valence-corrected chi connectivity index (χ2v) is 3.01. The quantitative estimate of drug-likeness (QED) is 0.666. The van der Waals surface area contributed by atoms with Crippen molar-refractivity contribution < 1.29 is 14.6 Å². The van der Waals surface area contributed by atoms with Gasteiger partial charge in [-0.25, -0.2) is 4.79 Å². The van der Waals surface area contributed by atoms with Crippen LogP contribution in [-0.4, -0.2) is 29.7 Å². The maximum atomic E-state index is 10.7. The molecule has 2 N–H and O–H groups in total. The van der Waals surface area contributed by atoms with Crippen LogP contribution < -0.4 is 10.7 Å². The average molecular weight is 194 g/mol. The Balaban J connectivity index is 2.70. The van der Waals surface area contributed by atoms with Crippen LogP contribution in [0, 0.1) is 0 Å². The van der Waals surface area contributed by atoms with Crippen molar-refractivity contribution in [1.29, 1.82) is 0 Å². The summed E-state index contributed by atoms with van der Waals surface area (Å²) in [6.07, 6.45) is 0.723. The third-order valence-corrected chi connectivity index (χ3v) is 2.18. The molecule has 0 spiro atoms. The Morgan fingerprint density at radius 3 is 3.14 bits per heavy atom. The second kappa shape index (κ2) is 3.17. The number of carbonyl (C=O) groups is 1. The number of nitrogens with zero attached hydrogens (tertiary/aromatic N) is 1. The fourth-order valence-electron chi connectivity index (χ4n) is 1.51. The lowest BCUT2D eigenvalue weighted by Crippen LogP contribution is -2.29. The zero-order valence-corrected chi connectivity index (χ0v) is 7.70. The molecule has 2 heterocycles. The smallest absolute Gasteiger partial charge is 0.352 e. The molecule has 74 valence electrons. The van der Waals surface area contributed by atoms with Crippen LogP contribution in [0.3, 0.4) is 0 Å². The zero-order chi connectivity index (χ0) is 10.1. The minimum Gasteiger partial charge on any atom is -0.500 e. The highest BCUT2D eigenvalue weighted by Crippen LogP contribution is 2.03. The number of hydrogen-bond donors (Lipinski definition) is 2. The molecule has 0 aliphatic carbocycles. The predicted octanol–water partition coefficient (Wildman–Crippen LogP) is -0.509. The van der Waals surface area contributed by atoms with Crippen LogP contribution >= 0.6 is 0 Å². The number of carboxylic acids is 1. The van der Waals surface area contributed by atoms with Crippen molar-refractivity contribution in [2.75, 3.05) is 13.7 Å². The normalized spacial score (nSPS) is 14.5. The Hall–Kier alpha value is -1.78. The molecule has 14 heavy (non-hydrogen) atoms. The van der Waals surface area contributed by atoms with Gasteiger partial charge in [0.05, 0.1) is 12.3 Å². The van der Waals surface area contributed by atoms with Crippen LogP contribution in [0.25, 0.3) is 5.76 Å². The Morgan fingerprint density at radius 1 is 1.71 bits per heavy atom. The van der Waals surface area contributed by atoms with Gasteiger partial charge in [-0.1, -0.05) is 0 Å². The fourth-order valence-corrected chi connectivity index (χ4v) is 1.51. The first kappa shape index (κ1) is 8.80. The van der Waals surface area contributed by atoms with Crippen molar-refractivity contribution in [3.05, 3.63) is 22.5 Å². The van der Waals surface area contributed by atoms with Gasteiger partial charge in [0.2, 0.25) is 0 Å². The van der Waals surface area contributed by atoms with Crippen molar-refractivity contribution in [3.8, 4) is 0 Å². The van der Waals surface area contributed by atoms with Gasteiger partial charge in [-0.05, 0) is 6.07 Å². The number of aromatic carboxylic acids is 1. The van der Waals surface area contributed by atoms with E-state index in [-0.39, 0.29) is 5.69 Å². The number of carboxylic acid groups (broad SMARTS) is 1. The monoisotopic (exact) mass is 194 g/mol. The van der Waals surface area contributed by atoms with E-state index in [1.165, 1.54) is 0 Å². The number of fused-ring (bicyclic) bond motifs is 1. The van der Waals surface area contributed by atoms with Gasteiger partial charge in [0.25, 0.3) is 0 Å². The van der Waals surface area contributed by atoms with Gasteiger partial charge >= 0.3 is 5.97 Å². The largest absolute Gasteiger partial charge is 0.500 e. The van der Waals surface area contributed by atoms with Gasteiger partial charge in [-0.2, -0.15) is 0 Å². The van der Waals surface area contributed by atoms with Gasteiger partial charge in [0, 0.05) is 13.0 Å². The van der Waals surface area contributed by atoms with E-state index in [1.54, 1.807) is 13.2 Å². The molecule has 0 fully saturated rings. The standard InChI is InChI=1S/C9H10N2O3/c1-14-7-2-3-10-8-5(7)4-6(11-8)9(12)13/h4H,2-3H2,1H3,(H,10,11)(H,12,13). The lowest BCUT2D eigenvalue weighted by molar-refractivity contribution is 0.0691. The Labute approximate surface area is 79.7 Å². The van der Waals surface area contributed by atoms with Crippen LogP contribution in [-0.2, 0) is 4.74 Å². The second-order valence-electron chi connectivity index (χ2n) is 3.01. The summed E-state index contributed by atoms with van der Waals surface area (Å²) < 4.78 is 5.15. The van der Waals surface area contributed by atoms with Crippen molar-refractivity contribution in [2.24, 2.45) is 4.99 Å². The Kier molecular flexibility index (Phi) is 1.99. The molecule has 0 unspecified atom stereocenters. The van der Waals surface area contributed by atoms with Crippen LogP contribution in [0.2, 0.25) is 0 Å². The highest BCUT2D eigenvalue weighted by atomic mass is 16.5. The fraction of sp³-hybridized carbons (Fsp3) is 0.333. The number of methoxy groups -OCH3 is 1. The summed E-state index contributed by atoms with van der Waals surface area (Å²) >= 11 is 0. The van der Waals surface area contributed by atoms with Crippen molar-refractivity contribution in [3.63, 3.8) is 0 Å². The third kappa shape index (κ3) is 1.26. The van der Waals surface area contributed by atoms with Gasteiger partial charge < -0.3 is 14.8 Å². The summed E-state index contributed by atoms with van der Waals surface area (Å²) in [4.78, 5) is 17.6. The highest BCUT2D eigenvalue weighted by Gasteiger charge is 2.11. The molecule has 1 aliphatic heterocycles. The molecule has 0 radical (unpaired) electrons. The Bertz CT molecular complexity index is 487. The molecule has 5 heteroatoms. The number of aromatic nitrogens is 1. The summed E-state index contributed by atoms with van der Waals surface area (Å²) in [7, 11) is 1.58. The molecular weight excluding hydrogens is 184 g/mol. The molecule has 0 saturated heterocycles. The maximum Gasteiger partial charge on any atom is 0.352 e. The minimum atomic E-state index is -0.981. The van der Waals surface area contributed by atoms with Crippen molar-refractivity contribution in [2.45, 2.75) is 6.42 Å². The molecule has 2 rings (SSSR count). The van der Waals surface area contributed by atoms with Crippen molar-refractivity contribution in [1.82, 2.24) is 4.98 Å². The predicted molar refractivity (Wildman–Crippen MR) is 48.4 cm³/mol. The van der Waals surface area contributed by atoms with Gasteiger partial charge in [-0.15, -0.1) is 0 Å². The topological polar surface area (TPSA) is 74.7 Å². The molecule has 0 saturated carbocycles. The summed E-state index contributed by atoms with van der Waals surface area (Å²) in [6, 6.07) is 1.55. The van der Waals surface area contributed by atoms with E-state index < -0.39 is 5.97 Å². The van der Waals surface area contributed by atoms with Crippen LogP contribution in [0.4, 0.5) is 0 Å². The van der Waals surface area contributed by atoms with Gasteiger partial charge in [0.1, 0.15) is 16.9 Å². The van der Waals surface area contributed by atoms with E-state index in [0.29, 0.717) is 12.0 Å². The zero-order valence-electron chi connectivity index (χ0n) is 7.70. The van der Waals surface area contributed by atoms with Crippen LogP contribution in [0.1, 0.15) is 16.9 Å². The molecule has 1 aromatic rings. The molecule has 5 nitrogen and oxygen atoms in total. The van der Waals surface area contributed by atoms with Gasteiger partial charge in [0.15, 0.2) is 0 Å². The summed E-state index contributed by atoms with van der Waals surface area (Å²) in [5, 5.41) is 9.53. The SMILES string of the molecule is COC1=c2cc(C(=O)O)[nH]c2=NCC1. The molecule has 0 amide bonds. The third-order valence-electron chi connectivity index (χ3n) is 2.18. The first-order chi connectivity index (χ1) is 6.72. The number of nitrogens with one attached hydrogen (secondary N) is 1. The number of hydrogen-bond acceptors (Lipinski definition) is 3. The van der Waals surface area contributed by atoms with E-state index in [9.17, 15) is 4.79 Å². The van der Waals surface area contributed by atoms with Crippen LogP contribution in [0.15, 0.2) is 11.1 Å². The van der Waals surface area contributed by atoms with Crippen LogP contribution in [0.5, 0.6) is 0 Å². The van der Waals surface area contributed by atoms with Gasteiger partial charge in [-0.3, -0.25) is 4.99 Å². The minimum absolute atomic E-state index is 0.148. The summed E-state index contributed by atoms with van der Waals surface area (Å²) in [6.45, 7) is 0.635. The lowest BCUT2D eigenvalue weighted by Gasteiger charge is -2.05. The first-order valence-electron chi connectivity index (χ1n) is 4.26. The molecular formula is C9H10N2O3. The summed E-state index contributed by atoms with van der Waals surface area (Å²) in [5.74, 6) is -0.191. The van der Waals surface area contributed by atoms with E-state index in [0.717, 1.165) is 17.4 Å². The number of H-pyrrole nitrogens is 1. The van der Waals surface area contributed by atoms with Crippen molar-refractivity contribution >= 4 is 11.7 Å².